The molecule has 0 bridgehead atoms. The van der Waals surface area contributed by atoms with E-state index in [0.717, 1.165) is 22.2 Å². The summed E-state index contributed by atoms with van der Waals surface area (Å²) in [6, 6.07) is 13.1. The van der Waals surface area contributed by atoms with Gasteiger partial charge in [0.05, 0.1) is 11.3 Å². The van der Waals surface area contributed by atoms with E-state index in [1.54, 1.807) is 19.1 Å². The van der Waals surface area contributed by atoms with Crippen LogP contribution in [0.1, 0.15) is 35.0 Å². The van der Waals surface area contributed by atoms with Gasteiger partial charge < -0.3 is 5.32 Å². The number of rotatable bonds is 6. The summed E-state index contributed by atoms with van der Waals surface area (Å²) in [6.45, 7) is 3.59. The van der Waals surface area contributed by atoms with Gasteiger partial charge in [-0.15, -0.1) is 0 Å². The minimum atomic E-state index is -0.151. The lowest BCUT2D eigenvalue weighted by Gasteiger charge is -2.07. The summed E-state index contributed by atoms with van der Waals surface area (Å²) in [5.41, 5.74) is 4.04. The van der Waals surface area contributed by atoms with Gasteiger partial charge in [-0.1, -0.05) is 36.4 Å². The zero-order valence-electron chi connectivity index (χ0n) is 15.4. The molecule has 1 amide bonds. The number of hydrogen-bond acceptors (Lipinski definition) is 2. The van der Waals surface area contributed by atoms with E-state index in [4.69, 9.17) is 0 Å². The molecule has 0 radical (unpaired) electrons. The van der Waals surface area contributed by atoms with Gasteiger partial charge in [0.15, 0.2) is 0 Å². The Kier molecular flexibility index (Phi) is 5.81. The van der Waals surface area contributed by atoms with E-state index < -0.39 is 0 Å². The summed E-state index contributed by atoms with van der Waals surface area (Å²) in [6.07, 6.45) is 6.07. The van der Waals surface area contributed by atoms with E-state index in [-0.39, 0.29) is 11.7 Å². The Balaban J connectivity index is 1.76. The maximum absolute atomic E-state index is 13.1. The highest BCUT2D eigenvalue weighted by atomic mass is 19.1. The van der Waals surface area contributed by atoms with Crippen molar-refractivity contribution in [2.24, 2.45) is 0 Å². The molecule has 2 aromatic carbocycles. The van der Waals surface area contributed by atoms with Gasteiger partial charge in [-0.2, -0.15) is 5.10 Å². The number of benzene rings is 2. The van der Waals surface area contributed by atoms with Crippen molar-refractivity contribution in [2.75, 3.05) is 5.32 Å². The maximum Gasteiger partial charge on any atom is 0.255 e. The molecule has 0 atom stereocenters. The van der Waals surface area contributed by atoms with Crippen LogP contribution < -0.4 is 5.32 Å². The molecule has 0 unspecified atom stereocenters. The Morgan fingerprint density at radius 1 is 1.22 bits per heavy atom. The molecule has 0 saturated carbocycles. The van der Waals surface area contributed by atoms with Crippen LogP contribution in [0.2, 0.25) is 0 Å². The molecule has 0 aliphatic rings. The van der Waals surface area contributed by atoms with Crippen molar-refractivity contribution >= 4 is 22.5 Å². The minimum Gasteiger partial charge on any atom is -0.322 e. The van der Waals surface area contributed by atoms with Crippen molar-refractivity contribution < 1.29 is 9.18 Å². The molecule has 0 aliphatic carbocycles. The van der Waals surface area contributed by atoms with E-state index in [1.165, 1.54) is 6.08 Å². The van der Waals surface area contributed by atoms with E-state index >= 15 is 0 Å². The van der Waals surface area contributed by atoms with Crippen LogP contribution in [0.25, 0.3) is 10.9 Å². The third-order valence-corrected chi connectivity index (χ3v) is 4.40. The summed E-state index contributed by atoms with van der Waals surface area (Å²) in [5.74, 6) is -0.291. The molecule has 1 aromatic heterocycles. The number of allylic oxidation sites excluding steroid dienone is 4. The van der Waals surface area contributed by atoms with Crippen LogP contribution in [0.3, 0.4) is 0 Å². The van der Waals surface area contributed by atoms with Crippen molar-refractivity contribution in [3.8, 4) is 0 Å². The number of carbonyl (C=O) groups excluding carboxylic acids is 1. The molecule has 0 fully saturated rings. The molecule has 0 saturated heterocycles. The standard InChI is InChI=1S/C22H22FN3O/c1-3-16(23)9-5-7-11-20-19-14-17(12-13-21(19)26-25-20)24-22(27)18-10-6-4-8-15(18)2/h3-8,10,12-14H,9,11H2,1-2H3,(H,24,27)(H,25,26)/b7-5-,16-3+. The smallest absolute Gasteiger partial charge is 0.255 e. The monoisotopic (exact) mass is 363 g/mol. The second-order valence-corrected chi connectivity index (χ2v) is 6.32. The number of amides is 1. The van der Waals surface area contributed by atoms with Gasteiger partial charge >= 0.3 is 0 Å². The van der Waals surface area contributed by atoms with E-state index in [9.17, 15) is 9.18 Å². The van der Waals surface area contributed by atoms with Crippen LogP contribution in [0, 0.1) is 6.92 Å². The summed E-state index contributed by atoms with van der Waals surface area (Å²) in [7, 11) is 0. The summed E-state index contributed by atoms with van der Waals surface area (Å²) < 4.78 is 13.1. The topological polar surface area (TPSA) is 57.8 Å². The predicted molar refractivity (Wildman–Crippen MR) is 108 cm³/mol. The number of anilines is 1. The van der Waals surface area contributed by atoms with Crippen molar-refractivity contribution in [1.29, 1.82) is 0 Å². The zero-order chi connectivity index (χ0) is 19.2. The van der Waals surface area contributed by atoms with Crippen molar-refractivity contribution in [3.63, 3.8) is 0 Å². The van der Waals surface area contributed by atoms with Crippen molar-refractivity contribution in [2.45, 2.75) is 26.7 Å². The van der Waals surface area contributed by atoms with Gasteiger partial charge in [0.1, 0.15) is 0 Å². The zero-order valence-corrected chi connectivity index (χ0v) is 15.4. The molecular weight excluding hydrogens is 341 g/mol. The second-order valence-electron chi connectivity index (χ2n) is 6.32. The second kappa shape index (κ2) is 8.45. The first-order valence-electron chi connectivity index (χ1n) is 8.88. The van der Waals surface area contributed by atoms with Gasteiger partial charge in [-0.25, -0.2) is 4.39 Å². The fourth-order valence-corrected chi connectivity index (χ4v) is 2.84. The molecule has 2 N–H and O–H groups in total. The average Bonchev–Trinajstić information content (AvgIpc) is 3.07. The third-order valence-electron chi connectivity index (χ3n) is 4.40. The van der Waals surface area contributed by atoms with Crippen LogP contribution in [0.5, 0.6) is 0 Å². The predicted octanol–water partition coefficient (Wildman–Crippen LogP) is 5.49. The van der Waals surface area contributed by atoms with Gasteiger partial charge in [0, 0.05) is 35.2 Å². The van der Waals surface area contributed by atoms with E-state index in [0.29, 0.717) is 24.1 Å². The lowest BCUT2D eigenvalue weighted by atomic mass is 10.1. The number of carbonyl (C=O) groups is 1. The highest BCUT2D eigenvalue weighted by molar-refractivity contribution is 6.06. The summed E-state index contributed by atoms with van der Waals surface area (Å²) in [4.78, 5) is 12.5. The third kappa shape index (κ3) is 4.50. The number of nitrogens with one attached hydrogen (secondary N) is 2. The SMILES string of the molecule is C/C=C(/F)C/C=C\Cc1[nH]nc2ccc(NC(=O)c3ccccc3C)cc12. The number of aromatic nitrogens is 2. The van der Waals surface area contributed by atoms with E-state index in [1.807, 2.05) is 49.4 Å². The van der Waals surface area contributed by atoms with Crippen LogP contribution in [0.15, 0.2) is 66.5 Å². The Bertz CT molecular complexity index is 1020. The molecule has 5 heteroatoms. The maximum atomic E-state index is 13.1. The van der Waals surface area contributed by atoms with Gasteiger partial charge in [0.2, 0.25) is 0 Å². The Labute approximate surface area is 157 Å². The first-order valence-corrected chi connectivity index (χ1v) is 8.88. The number of H-pyrrole nitrogens is 1. The molecule has 1 heterocycles. The molecule has 138 valence electrons. The molecule has 0 spiro atoms. The molecule has 4 nitrogen and oxygen atoms in total. The minimum absolute atomic E-state index is 0.140. The lowest BCUT2D eigenvalue weighted by molar-refractivity contribution is 0.102. The summed E-state index contributed by atoms with van der Waals surface area (Å²) in [5, 5.41) is 11.2. The number of nitrogens with zero attached hydrogens (tertiary/aromatic N) is 1. The molecule has 3 aromatic rings. The number of aromatic amines is 1. The van der Waals surface area contributed by atoms with Crippen molar-refractivity contribution in [3.05, 3.63) is 83.3 Å². The van der Waals surface area contributed by atoms with Crippen molar-refractivity contribution in [1.82, 2.24) is 10.2 Å². The highest BCUT2D eigenvalue weighted by Gasteiger charge is 2.10. The fourth-order valence-electron chi connectivity index (χ4n) is 2.84. The van der Waals surface area contributed by atoms with Crippen LogP contribution in [-0.4, -0.2) is 16.1 Å². The van der Waals surface area contributed by atoms with Gasteiger partial charge in [0.25, 0.3) is 5.91 Å². The quantitative estimate of drug-likeness (QED) is 0.569. The summed E-state index contributed by atoms with van der Waals surface area (Å²) >= 11 is 0. The highest BCUT2D eigenvalue weighted by Crippen LogP contribution is 2.22. The Morgan fingerprint density at radius 2 is 2.04 bits per heavy atom. The van der Waals surface area contributed by atoms with Crippen LogP contribution >= 0.6 is 0 Å². The number of halogens is 1. The fraction of sp³-hybridized carbons (Fsp3) is 0.182. The molecule has 0 aliphatic heterocycles. The van der Waals surface area contributed by atoms with Crippen LogP contribution in [-0.2, 0) is 6.42 Å². The first kappa shape index (κ1) is 18.6. The van der Waals surface area contributed by atoms with Crippen LogP contribution in [0.4, 0.5) is 10.1 Å². The van der Waals surface area contributed by atoms with Gasteiger partial charge in [-0.05, 0) is 43.7 Å². The number of hydrogen-bond donors (Lipinski definition) is 2. The number of fused-ring (bicyclic) bond motifs is 1. The van der Waals surface area contributed by atoms with E-state index in [2.05, 4.69) is 15.5 Å². The van der Waals surface area contributed by atoms with Gasteiger partial charge in [-0.3, -0.25) is 9.89 Å². The lowest BCUT2D eigenvalue weighted by Crippen LogP contribution is -2.13. The largest absolute Gasteiger partial charge is 0.322 e. The normalized spacial score (nSPS) is 12.0. The molecule has 27 heavy (non-hydrogen) atoms. The Morgan fingerprint density at radius 3 is 2.81 bits per heavy atom. The number of aryl methyl sites for hydroxylation is 1. The molecular formula is C22H22FN3O. The molecule has 3 rings (SSSR count). The first-order chi connectivity index (χ1) is 13.1. The average molecular weight is 363 g/mol. The Hall–Kier alpha value is -3.21.